The van der Waals surface area contributed by atoms with Crippen LogP contribution in [0.1, 0.15) is 31.9 Å². The summed E-state index contributed by atoms with van der Waals surface area (Å²) in [5.74, 6) is 1.65. The summed E-state index contributed by atoms with van der Waals surface area (Å²) >= 11 is 6.12. The number of rotatable bonds is 8. The first-order chi connectivity index (χ1) is 12.5. The number of hydrogen-bond donors (Lipinski definition) is 1. The van der Waals surface area contributed by atoms with Crippen molar-refractivity contribution in [2.45, 2.75) is 32.4 Å². The van der Waals surface area contributed by atoms with Crippen LogP contribution in [0.2, 0.25) is 5.02 Å². The summed E-state index contributed by atoms with van der Waals surface area (Å²) in [6.45, 7) is 3.77. The lowest BCUT2D eigenvalue weighted by molar-refractivity contribution is -0.128. The van der Waals surface area contributed by atoms with Gasteiger partial charge in [0.25, 0.3) is 5.91 Å². The average Bonchev–Trinajstić information content (AvgIpc) is 2.66. The lowest BCUT2D eigenvalue weighted by atomic mass is 10.1. The first kappa shape index (κ1) is 19.9. The van der Waals surface area contributed by atoms with Crippen LogP contribution < -0.4 is 19.5 Å². The van der Waals surface area contributed by atoms with Crippen LogP contribution in [0.3, 0.4) is 0 Å². The molecule has 140 valence electrons. The van der Waals surface area contributed by atoms with Crippen molar-refractivity contribution >= 4 is 17.5 Å². The molecule has 0 saturated carbocycles. The van der Waals surface area contributed by atoms with Gasteiger partial charge in [-0.2, -0.15) is 0 Å². The Kier molecular flexibility index (Phi) is 7.16. The highest BCUT2D eigenvalue weighted by Gasteiger charge is 2.23. The van der Waals surface area contributed by atoms with Gasteiger partial charge in [-0.15, -0.1) is 0 Å². The lowest BCUT2D eigenvalue weighted by Gasteiger charge is -2.22. The van der Waals surface area contributed by atoms with Gasteiger partial charge in [0.1, 0.15) is 17.2 Å². The van der Waals surface area contributed by atoms with E-state index >= 15 is 0 Å². The summed E-state index contributed by atoms with van der Waals surface area (Å²) in [5.41, 5.74) is 0.827. The standard InChI is InChI=1S/C20H24ClNO4/c1-5-17(26-19-9-7-6-8-16(19)21)20(23)22-13(2)15-12-14(24-3)10-11-18(15)25-4/h6-13,17H,5H2,1-4H3,(H,22,23)/t13-,17-/m0/s1. The van der Waals surface area contributed by atoms with Crippen LogP contribution in [-0.2, 0) is 4.79 Å². The van der Waals surface area contributed by atoms with Gasteiger partial charge in [-0.05, 0) is 43.7 Å². The number of carbonyl (C=O) groups is 1. The van der Waals surface area contributed by atoms with E-state index in [0.717, 1.165) is 5.56 Å². The van der Waals surface area contributed by atoms with Crippen molar-refractivity contribution in [3.05, 3.63) is 53.1 Å². The molecule has 0 spiro atoms. The smallest absolute Gasteiger partial charge is 0.261 e. The Hall–Kier alpha value is -2.40. The van der Waals surface area contributed by atoms with Crippen molar-refractivity contribution in [1.29, 1.82) is 0 Å². The first-order valence-corrected chi connectivity index (χ1v) is 8.81. The predicted octanol–water partition coefficient (Wildman–Crippen LogP) is 4.39. The van der Waals surface area contributed by atoms with Crippen molar-refractivity contribution < 1.29 is 19.0 Å². The quantitative estimate of drug-likeness (QED) is 0.741. The number of para-hydroxylation sites is 1. The molecule has 0 radical (unpaired) electrons. The number of methoxy groups -OCH3 is 2. The molecule has 0 saturated heterocycles. The van der Waals surface area contributed by atoms with Gasteiger partial charge in [0.2, 0.25) is 0 Å². The highest BCUT2D eigenvalue weighted by Crippen LogP contribution is 2.30. The van der Waals surface area contributed by atoms with Crippen LogP contribution in [0, 0.1) is 0 Å². The Balaban J connectivity index is 2.13. The van der Waals surface area contributed by atoms with E-state index in [-0.39, 0.29) is 11.9 Å². The van der Waals surface area contributed by atoms with Crippen LogP contribution in [0.4, 0.5) is 0 Å². The van der Waals surface area contributed by atoms with Crippen LogP contribution in [0.15, 0.2) is 42.5 Å². The van der Waals surface area contributed by atoms with Gasteiger partial charge in [-0.3, -0.25) is 4.79 Å². The molecule has 0 aliphatic heterocycles. The largest absolute Gasteiger partial charge is 0.497 e. The minimum Gasteiger partial charge on any atom is -0.497 e. The summed E-state index contributed by atoms with van der Waals surface area (Å²) in [4.78, 5) is 12.7. The minimum atomic E-state index is -0.644. The van der Waals surface area contributed by atoms with E-state index in [2.05, 4.69) is 5.32 Å². The van der Waals surface area contributed by atoms with Crippen LogP contribution in [-0.4, -0.2) is 26.2 Å². The number of halogens is 1. The maximum Gasteiger partial charge on any atom is 0.261 e. The fourth-order valence-corrected chi connectivity index (χ4v) is 2.76. The van der Waals surface area contributed by atoms with Gasteiger partial charge in [0, 0.05) is 5.56 Å². The molecule has 0 bridgehead atoms. The molecule has 6 heteroatoms. The van der Waals surface area contributed by atoms with E-state index < -0.39 is 6.10 Å². The Morgan fingerprint density at radius 1 is 1.12 bits per heavy atom. The molecular formula is C20H24ClNO4. The summed E-state index contributed by atoms with van der Waals surface area (Å²) in [5, 5.41) is 3.44. The van der Waals surface area contributed by atoms with Crippen LogP contribution >= 0.6 is 11.6 Å². The van der Waals surface area contributed by atoms with Gasteiger partial charge in [0.15, 0.2) is 6.10 Å². The van der Waals surface area contributed by atoms with E-state index in [1.165, 1.54) is 0 Å². The number of carbonyl (C=O) groups excluding carboxylic acids is 1. The third-order valence-corrected chi connectivity index (χ3v) is 4.34. The number of nitrogens with one attached hydrogen (secondary N) is 1. The molecule has 1 amide bonds. The molecule has 0 aliphatic carbocycles. The van der Waals surface area contributed by atoms with Crippen molar-refractivity contribution in [2.75, 3.05) is 14.2 Å². The van der Waals surface area contributed by atoms with Crippen LogP contribution in [0.5, 0.6) is 17.2 Å². The molecule has 0 heterocycles. The average molecular weight is 378 g/mol. The SMILES string of the molecule is CC[C@H](Oc1ccccc1Cl)C(=O)N[C@@H](C)c1cc(OC)ccc1OC. The summed E-state index contributed by atoms with van der Waals surface area (Å²) < 4.78 is 16.4. The highest BCUT2D eigenvalue weighted by molar-refractivity contribution is 6.32. The molecule has 0 aromatic heterocycles. The number of benzene rings is 2. The van der Waals surface area contributed by atoms with E-state index in [1.54, 1.807) is 26.4 Å². The molecule has 1 N–H and O–H groups in total. The number of amides is 1. The van der Waals surface area contributed by atoms with E-state index in [0.29, 0.717) is 28.7 Å². The predicted molar refractivity (Wildman–Crippen MR) is 102 cm³/mol. The zero-order valence-electron chi connectivity index (χ0n) is 15.4. The van der Waals surface area contributed by atoms with E-state index in [9.17, 15) is 4.79 Å². The molecule has 2 atom stereocenters. The molecule has 2 rings (SSSR count). The molecule has 0 unspecified atom stereocenters. The lowest BCUT2D eigenvalue weighted by Crippen LogP contribution is -2.39. The third-order valence-electron chi connectivity index (χ3n) is 4.03. The van der Waals surface area contributed by atoms with Gasteiger partial charge >= 0.3 is 0 Å². The summed E-state index contributed by atoms with van der Waals surface area (Å²) in [6.07, 6.45) is -0.132. The van der Waals surface area contributed by atoms with Gasteiger partial charge < -0.3 is 19.5 Å². The third kappa shape index (κ3) is 4.82. The molecule has 2 aromatic carbocycles. The fourth-order valence-electron chi connectivity index (χ4n) is 2.58. The van der Waals surface area contributed by atoms with E-state index in [1.807, 2.05) is 44.2 Å². The second-order valence-corrected chi connectivity index (χ2v) is 6.19. The molecule has 2 aromatic rings. The van der Waals surface area contributed by atoms with Crippen molar-refractivity contribution in [1.82, 2.24) is 5.32 Å². The fraction of sp³-hybridized carbons (Fsp3) is 0.350. The van der Waals surface area contributed by atoms with Crippen LogP contribution in [0.25, 0.3) is 0 Å². The number of ether oxygens (including phenoxy) is 3. The zero-order valence-corrected chi connectivity index (χ0v) is 16.2. The summed E-state index contributed by atoms with van der Waals surface area (Å²) in [6, 6.07) is 12.3. The highest BCUT2D eigenvalue weighted by atomic mass is 35.5. The molecule has 0 aliphatic rings. The Bertz CT molecular complexity index is 750. The Morgan fingerprint density at radius 3 is 2.46 bits per heavy atom. The van der Waals surface area contributed by atoms with Gasteiger partial charge in [-0.25, -0.2) is 0 Å². The van der Waals surface area contributed by atoms with E-state index in [4.69, 9.17) is 25.8 Å². The zero-order chi connectivity index (χ0) is 19.1. The Labute approximate surface area is 159 Å². The van der Waals surface area contributed by atoms with Crippen molar-refractivity contribution in [3.63, 3.8) is 0 Å². The second kappa shape index (κ2) is 9.34. The Morgan fingerprint density at radius 2 is 1.85 bits per heavy atom. The molecule has 5 nitrogen and oxygen atoms in total. The molecular weight excluding hydrogens is 354 g/mol. The van der Waals surface area contributed by atoms with Crippen molar-refractivity contribution in [3.8, 4) is 17.2 Å². The number of hydrogen-bond acceptors (Lipinski definition) is 4. The maximum absolute atomic E-state index is 12.7. The second-order valence-electron chi connectivity index (χ2n) is 5.78. The van der Waals surface area contributed by atoms with Gasteiger partial charge in [0.05, 0.1) is 25.3 Å². The first-order valence-electron chi connectivity index (χ1n) is 8.43. The summed E-state index contributed by atoms with van der Waals surface area (Å²) in [7, 11) is 3.19. The normalized spacial score (nSPS) is 12.8. The molecule has 0 fully saturated rings. The monoisotopic (exact) mass is 377 g/mol. The molecule has 26 heavy (non-hydrogen) atoms. The van der Waals surface area contributed by atoms with Gasteiger partial charge in [-0.1, -0.05) is 30.7 Å². The minimum absolute atomic E-state index is 0.218. The topological polar surface area (TPSA) is 56.8 Å². The van der Waals surface area contributed by atoms with Crippen molar-refractivity contribution in [2.24, 2.45) is 0 Å². The maximum atomic E-state index is 12.7.